The van der Waals surface area contributed by atoms with Crippen LogP contribution in [0.15, 0.2) is 0 Å². The summed E-state index contributed by atoms with van der Waals surface area (Å²) >= 11 is 0. The zero-order valence-corrected chi connectivity index (χ0v) is 9.89. The number of nitrogens with two attached hydrogens (primary N) is 1. The van der Waals surface area contributed by atoms with Crippen molar-refractivity contribution in [2.75, 3.05) is 13.2 Å². The Balaban J connectivity index is 3.85. The van der Waals surface area contributed by atoms with Crippen LogP contribution in [0.5, 0.6) is 0 Å². The van der Waals surface area contributed by atoms with E-state index in [0.29, 0.717) is 19.1 Å². The average Bonchev–Trinajstić information content (AvgIpc) is 2.11. The van der Waals surface area contributed by atoms with Crippen molar-refractivity contribution in [2.24, 2.45) is 17.1 Å². The van der Waals surface area contributed by atoms with E-state index < -0.39 is 11.5 Å². The van der Waals surface area contributed by atoms with E-state index in [0.717, 1.165) is 0 Å². The van der Waals surface area contributed by atoms with Crippen LogP contribution < -0.4 is 11.1 Å². The molecule has 0 radical (unpaired) electrons. The van der Waals surface area contributed by atoms with Crippen LogP contribution in [0.1, 0.15) is 27.7 Å². The first-order valence-electron chi connectivity index (χ1n) is 5.01. The average molecular weight is 215 g/mol. The van der Waals surface area contributed by atoms with Gasteiger partial charge in [-0.2, -0.15) is 0 Å². The van der Waals surface area contributed by atoms with Crippen molar-refractivity contribution in [3.05, 3.63) is 0 Å². The molecule has 88 valence electrons. The van der Waals surface area contributed by atoms with Crippen LogP contribution in [0.4, 0.5) is 4.79 Å². The monoisotopic (exact) mass is 215 g/mol. The molecule has 0 bridgehead atoms. The highest BCUT2D eigenvalue weighted by Gasteiger charge is 2.22. The molecule has 0 aliphatic rings. The number of amidine groups is 1. The number of hydrogen-bond donors (Lipinski definition) is 3. The van der Waals surface area contributed by atoms with Crippen molar-refractivity contribution >= 4 is 11.9 Å². The van der Waals surface area contributed by atoms with Gasteiger partial charge in [-0.1, -0.05) is 27.7 Å². The fraction of sp³-hybridized carbons (Fsp3) is 0.800. The molecule has 0 spiro atoms. The molecule has 0 atom stereocenters. The fourth-order valence-corrected chi connectivity index (χ4v) is 0.682. The summed E-state index contributed by atoms with van der Waals surface area (Å²) in [5.74, 6) is 0.364. The van der Waals surface area contributed by atoms with E-state index in [1.807, 2.05) is 13.8 Å². The van der Waals surface area contributed by atoms with Gasteiger partial charge in [0, 0.05) is 12.0 Å². The first-order chi connectivity index (χ1) is 6.75. The van der Waals surface area contributed by atoms with Gasteiger partial charge >= 0.3 is 6.09 Å². The van der Waals surface area contributed by atoms with Crippen molar-refractivity contribution in [2.45, 2.75) is 27.7 Å². The summed E-state index contributed by atoms with van der Waals surface area (Å²) in [7, 11) is 0. The second-order valence-electron chi connectivity index (χ2n) is 4.64. The van der Waals surface area contributed by atoms with Crippen molar-refractivity contribution in [3.8, 4) is 0 Å². The summed E-state index contributed by atoms with van der Waals surface area (Å²) in [6.45, 7) is 8.21. The van der Waals surface area contributed by atoms with E-state index in [4.69, 9.17) is 15.9 Å². The summed E-state index contributed by atoms with van der Waals surface area (Å²) < 4.78 is 4.92. The zero-order valence-electron chi connectivity index (χ0n) is 9.89. The predicted octanol–water partition coefficient (Wildman–Crippen LogP) is 1.33. The highest BCUT2D eigenvalue weighted by atomic mass is 16.5. The molecule has 0 aliphatic carbocycles. The molecule has 5 heteroatoms. The summed E-state index contributed by atoms with van der Waals surface area (Å²) in [5, 5.41) is 9.87. The van der Waals surface area contributed by atoms with Gasteiger partial charge in [0.15, 0.2) is 0 Å². The Morgan fingerprint density at radius 2 is 2.07 bits per heavy atom. The minimum atomic E-state index is -0.531. The Morgan fingerprint density at radius 1 is 1.53 bits per heavy atom. The van der Waals surface area contributed by atoms with Crippen molar-refractivity contribution < 1.29 is 9.53 Å². The molecular formula is C10H21N3O2. The molecule has 0 rings (SSSR count). The quantitative estimate of drug-likeness (QED) is 0.477. The predicted molar refractivity (Wildman–Crippen MR) is 59.9 cm³/mol. The second-order valence-corrected chi connectivity index (χ2v) is 4.64. The molecule has 0 unspecified atom stereocenters. The highest BCUT2D eigenvalue weighted by molar-refractivity contribution is 5.83. The lowest BCUT2D eigenvalue weighted by Crippen LogP contribution is -2.42. The van der Waals surface area contributed by atoms with Gasteiger partial charge in [-0.05, 0) is 5.92 Å². The molecular weight excluding hydrogens is 194 g/mol. The lowest BCUT2D eigenvalue weighted by molar-refractivity contribution is 0.131. The molecule has 0 saturated heterocycles. The number of nitrogens with one attached hydrogen (secondary N) is 2. The Labute approximate surface area is 90.9 Å². The lowest BCUT2D eigenvalue weighted by atomic mass is 9.92. The highest BCUT2D eigenvalue weighted by Crippen LogP contribution is 2.12. The molecule has 15 heavy (non-hydrogen) atoms. The van der Waals surface area contributed by atoms with Crippen LogP contribution in [-0.2, 0) is 4.74 Å². The molecule has 0 fully saturated rings. The van der Waals surface area contributed by atoms with Gasteiger partial charge in [0.2, 0.25) is 0 Å². The Morgan fingerprint density at radius 3 is 2.47 bits per heavy atom. The van der Waals surface area contributed by atoms with Gasteiger partial charge in [0.25, 0.3) is 0 Å². The third kappa shape index (κ3) is 5.93. The number of rotatable bonds is 5. The Bertz CT molecular complexity index is 237. The van der Waals surface area contributed by atoms with E-state index in [2.05, 4.69) is 5.32 Å². The van der Waals surface area contributed by atoms with Crippen LogP contribution in [-0.4, -0.2) is 25.1 Å². The molecule has 0 aromatic carbocycles. The van der Waals surface area contributed by atoms with E-state index in [1.165, 1.54) is 0 Å². The molecule has 5 nitrogen and oxygen atoms in total. The normalized spacial score (nSPS) is 11.3. The van der Waals surface area contributed by atoms with Gasteiger partial charge in [-0.3, -0.25) is 5.41 Å². The number of carbonyl (C=O) groups excluding carboxylic acids is 1. The topological polar surface area (TPSA) is 88.2 Å². The number of amides is 1. The van der Waals surface area contributed by atoms with Crippen molar-refractivity contribution in [1.29, 1.82) is 5.41 Å². The number of alkyl carbamates (subject to hydrolysis) is 1. The minimum Gasteiger partial charge on any atom is -0.449 e. The largest absolute Gasteiger partial charge is 0.449 e. The van der Waals surface area contributed by atoms with Crippen LogP contribution >= 0.6 is 0 Å². The van der Waals surface area contributed by atoms with Crippen LogP contribution in [0, 0.1) is 16.7 Å². The summed E-state index contributed by atoms with van der Waals surface area (Å²) in [4.78, 5) is 11.2. The maximum atomic E-state index is 11.2. The first-order valence-corrected chi connectivity index (χ1v) is 5.01. The standard InChI is InChI=1S/C10H21N3O2/c1-7(2)5-15-9(14)13-6-10(3,4)8(11)12/h7H,5-6H2,1-4H3,(H3,11,12)(H,13,14). The van der Waals surface area contributed by atoms with Gasteiger partial charge in [0.1, 0.15) is 0 Å². The number of hydrogen-bond acceptors (Lipinski definition) is 3. The number of ether oxygens (including phenoxy) is 1. The van der Waals surface area contributed by atoms with E-state index in [-0.39, 0.29) is 5.84 Å². The molecule has 0 saturated carbocycles. The van der Waals surface area contributed by atoms with Gasteiger partial charge in [-0.15, -0.1) is 0 Å². The van der Waals surface area contributed by atoms with Crippen LogP contribution in [0.2, 0.25) is 0 Å². The third-order valence-corrected chi connectivity index (χ3v) is 1.95. The summed E-state index contributed by atoms with van der Waals surface area (Å²) in [6.07, 6.45) is -0.460. The van der Waals surface area contributed by atoms with E-state index >= 15 is 0 Å². The maximum absolute atomic E-state index is 11.2. The van der Waals surface area contributed by atoms with E-state index in [9.17, 15) is 4.79 Å². The van der Waals surface area contributed by atoms with E-state index in [1.54, 1.807) is 13.8 Å². The van der Waals surface area contributed by atoms with Crippen LogP contribution in [0.3, 0.4) is 0 Å². The summed E-state index contributed by atoms with van der Waals surface area (Å²) in [6, 6.07) is 0. The zero-order chi connectivity index (χ0) is 12.1. The van der Waals surface area contributed by atoms with Gasteiger partial charge < -0.3 is 15.8 Å². The fourth-order valence-electron chi connectivity index (χ4n) is 0.682. The molecule has 0 aromatic rings. The minimum absolute atomic E-state index is 0.0478. The molecule has 1 amide bonds. The number of carbonyl (C=O) groups is 1. The molecule has 0 aliphatic heterocycles. The van der Waals surface area contributed by atoms with Crippen molar-refractivity contribution in [3.63, 3.8) is 0 Å². The third-order valence-electron chi connectivity index (χ3n) is 1.95. The maximum Gasteiger partial charge on any atom is 0.407 e. The molecule has 0 aromatic heterocycles. The second kappa shape index (κ2) is 5.58. The SMILES string of the molecule is CC(C)COC(=O)NCC(C)(C)C(=N)N. The smallest absolute Gasteiger partial charge is 0.407 e. The first kappa shape index (κ1) is 13.7. The van der Waals surface area contributed by atoms with Gasteiger partial charge in [-0.25, -0.2) is 4.79 Å². The molecule has 0 heterocycles. The summed E-state index contributed by atoms with van der Waals surface area (Å²) in [5.41, 5.74) is 4.84. The Hall–Kier alpha value is -1.26. The molecule has 4 N–H and O–H groups in total. The lowest BCUT2D eigenvalue weighted by Gasteiger charge is -2.22. The van der Waals surface area contributed by atoms with Crippen LogP contribution in [0.25, 0.3) is 0 Å². The Kier molecular flexibility index (Phi) is 5.11. The van der Waals surface area contributed by atoms with Gasteiger partial charge in [0.05, 0.1) is 12.4 Å². The van der Waals surface area contributed by atoms with Crippen molar-refractivity contribution in [1.82, 2.24) is 5.32 Å².